The van der Waals surface area contributed by atoms with Crippen molar-refractivity contribution in [1.29, 1.82) is 0 Å². The summed E-state index contributed by atoms with van der Waals surface area (Å²) >= 11 is 0. The molecule has 0 fully saturated rings. The maximum Gasteiger partial charge on any atom is 0.146 e. The number of carboxylic acids is 1. The third-order valence-electron chi connectivity index (χ3n) is 1.60. The molecule has 1 aromatic rings. The van der Waals surface area contributed by atoms with Gasteiger partial charge in [0.1, 0.15) is 5.82 Å². The highest BCUT2D eigenvalue weighted by Crippen LogP contribution is 2.12. The van der Waals surface area contributed by atoms with Crippen molar-refractivity contribution >= 4 is 11.7 Å². The van der Waals surface area contributed by atoms with E-state index in [1.54, 1.807) is 6.07 Å². The first kappa shape index (κ1) is 9.51. The van der Waals surface area contributed by atoms with Crippen molar-refractivity contribution in [2.75, 3.05) is 5.32 Å². The van der Waals surface area contributed by atoms with Crippen LogP contribution >= 0.6 is 0 Å². The van der Waals surface area contributed by atoms with E-state index in [1.807, 2.05) is 0 Å². The maximum atomic E-state index is 12.9. The molecule has 0 aliphatic rings. The number of rotatable bonds is 3. The predicted molar refractivity (Wildman–Crippen MR) is 44.5 cm³/mol. The van der Waals surface area contributed by atoms with Gasteiger partial charge < -0.3 is 15.2 Å². The number of carbonyl (C=O) groups is 1. The Morgan fingerprint density at radius 3 is 2.69 bits per heavy atom. The van der Waals surface area contributed by atoms with E-state index in [0.29, 0.717) is 0 Å². The average molecular weight is 182 g/mol. The SMILES string of the molecule is C[C@H](Nc1ccccc1F)C(=O)[O-]. The lowest BCUT2D eigenvalue weighted by Gasteiger charge is -2.16. The minimum absolute atomic E-state index is 0.166. The van der Waals surface area contributed by atoms with Crippen molar-refractivity contribution in [2.45, 2.75) is 13.0 Å². The summed E-state index contributed by atoms with van der Waals surface area (Å²) < 4.78 is 12.9. The molecule has 0 spiro atoms. The molecule has 70 valence electrons. The molecule has 1 rings (SSSR count). The number of benzene rings is 1. The molecule has 0 bridgehead atoms. The van der Waals surface area contributed by atoms with Gasteiger partial charge in [0.05, 0.1) is 17.7 Å². The van der Waals surface area contributed by atoms with Crippen LogP contribution in [0.5, 0.6) is 0 Å². The second-order valence-corrected chi connectivity index (χ2v) is 2.66. The molecule has 0 saturated carbocycles. The second kappa shape index (κ2) is 3.89. The van der Waals surface area contributed by atoms with Crippen molar-refractivity contribution in [3.8, 4) is 0 Å². The van der Waals surface area contributed by atoms with Crippen LogP contribution in [0.25, 0.3) is 0 Å². The molecule has 0 radical (unpaired) electrons. The molecule has 3 nitrogen and oxygen atoms in total. The van der Waals surface area contributed by atoms with E-state index in [4.69, 9.17) is 0 Å². The molecule has 0 unspecified atom stereocenters. The van der Waals surface area contributed by atoms with Gasteiger partial charge in [0, 0.05) is 0 Å². The zero-order chi connectivity index (χ0) is 9.84. The van der Waals surface area contributed by atoms with E-state index < -0.39 is 17.8 Å². The van der Waals surface area contributed by atoms with Gasteiger partial charge in [0.15, 0.2) is 0 Å². The standard InChI is InChI=1S/C9H10FNO2/c1-6(9(12)13)11-8-5-3-2-4-7(8)10/h2-6,11H,1H3,(H,12,13)/p-1/t6-/m0/s1. The van der Waals surface area contributed by atoms with Crippen LogP contribution < -0.4 is 10.4 Å². The Kier molecular flexibility index (Phi) is 2.84. The summed E-state index contributed by atoms with van der Waals surface area (Å²) in [5.74, 6) is -1.74. The molecule has 0 aliphatic heterocycles. The van der Waals surface area contributed by atoms with Gasteiger partial charge >= 0.3 is 0 Å². The highest BCUT2D eigenvalue weighted by Gasteiger charge is 2.05. The van der Waals surface area contributed by atoms with Gasteiger partial charge in [-0.3, -0.25) is 0 Å². The molecule has 1 N–H and O–H groups in total. The van der Waals surface area contributed by atoms with Gasteiger partial charge in [0.2, 0.25) is 0 Å². The number of hydrogen-bond donors (Lipinski definition) is 1. The average Bonchev–Trinajstić information content (AvgIpc) is 2.08. The third-order valence-corrected chi connectivity index (χ3v) is 1.60. The number of halogens is 1. The van der Waals surface area contributed by atoms with Crippen LogP contribution in [0.15, 0.2) is 24.3 Å². The van der Waals surface area contributed by atoms with E-state index in [-0.39, 0.29) is 5.69 Å². The number of para-hydroxylation sites is 1. The van der Waals surface area contributed by atoms with Crippen molar-refractivity contribution in [3.63, 3.8) is 0 Å². The lowest BCUT2D eigenvalue weighted by molar-refractivity contribution is -0.306. The van der Waals surface area contributed by atoms with E-state index in [0.717, 1.165) is 0 Å². The van der Waals surface area contributed by atoms with Crippen LogP contribution in [0.4, 0.5) is 10.1 Å². The smallest absolute Gasteiger partial charge is 0.146 e. The fourth-order valence-corrected chi connectivity index (χ4v) is 0.870. The second-order valence-electron chi connectivity index (χ2n) is 2.66. The lowest BCUT2D eigenvalue weighted by atomic mass is 10.2. The van der Waals surface area contributed by atoms with Crippen LogP contribution in [0.2, 0.25) is 0 Å². The van der Waals surface area contributed by atoms with Gasteiger partial charge in [-0.2, -0.15) is 0 Å². The molecule has 0 amide bonds. The number of anilines is 1. The van der Waals surface area contributed by atoms with Gasteiger partial charge in [0.25, 0.3) is 0 Å². The Balaban J connectivity index is 2.74. The van der Waals surface area contributed by atoms with Crippen molar-refractivity contribution < 1.29 is 14.3 Å². The monoisotopic (exact) mass is 182 g/mol. The zero-order valence-corrected chi connectivity index (χ0v) is 7.08. The Bertz CT molecular complexity index is 314. The Morgan fingerprint density at radius 1 is 1.54 bits per heavy atom. The first-order valence-electron chi connectivity index (χ1n) is 3.83. The summed E-state index contributed by atoms with van der Waals surface area (Å²) in [5.41, 5.74) is 0.166. The summed E-state index contributed by atoms with van der Waals surface area (Å²) in [6.07, 6.45) is 0. The fraction of sp³-hybridized carbons (Fsp3) is 0.222. The summed E-state index contributed by atoms with van der Waals surface area (Å²) in [6, 6.07) is 4.97. The predicted octanol–water partition coefficient (Wildman–Crippen LogP) is 0.376. The van der Waals surface area contributed by atoms with Crippen molar-refractivity contribution in [2.24, 2.45) is 0 Å². The number of carboxylic acid groups (broad SMARTS) is 1. The van der Waals surface area contributed by atoms with E-state index in [1.165, 1.54) is 25.1 Å². The summed E-state index contributed by atoms with van der Waals surface area (Å²) in [7, 11) is 0. The highest BCUT2D eigenvalue weighted by molar-refractivity contribution is 5.74. The fourth-order valence-electron chi connectivity index (χ4n) is 0.870. The van der Waals surface area contributed by atoms with E-state index in [9.17, 15) is 14.3 Å². The van der Waals surface area contributed by atoms with Gasteiger partial charge in [-0.05, 0) is 19.1 Å². The highest BCUT2D eigenvalue weighted by atomic mass is 19.1. The molecular weight excluding hydrogens is 173 g/mol. The van der Waals surface area contributed by atoms with Crippen molar-refractivity contribution in [1.82, 2.24) is 0 Å². The number of nitrogens with one attached hydrogen (secondary N) is 1. The van der Waals surface area contributed by atoms with Crippen LogP contribution in [-0.4, -0.2) is 12.0 Å². The normalized spacial score (nSPS) is 12.2. The molecule has 1 atom stereocenters. The van der Waals surface area contributed by atoms with Crippen LogP contribution in [0, 0.1) is 5.82 Å². The molecule has 4 heteroatoms. The van der Waals surface area contributed by atoms with Crippen molar-refractivity contribution in [3.05, 3.63) is 30.1 Å². The minimum Gasteiger partial charge on any atom is -0.548 e. The van der Waals surface area contributed by atoms with Crippen LogP contribution in [0.3, 0.4) is 0 Å². The summed E-state index contributed by atoms with van der Waals surface area (Å²) in [6.45, 7) is 1.39. The van der Waals surface area contributed by atoms with Gasteiger partial charge in [-0.1, -0.05) is 12.1 Å². The molecule has 0 heterocycles. The van der Waals surface area contributed by atoms with Crippen LogP contribution in [0.1, 0.15) is 6.92 Å². The maximum absolute atomic E-state index is 12.9. The first-order chi connectivity index (χ1) is 6.11. The zero-order valence-electron chi connectivity index (χ0n) is 7.08. The third kappa shape index (κ3) is 2.43. The Morgan fingerprint density at radius 2 is 2.15 bits per heavy atom. The Labute approximate surface area is 75.2 Å². The quantitative estimate of drug-likeness (QED) is 0.735. The van der Waals surface area contributed by atoms with Gasteiger partial charge in [-0.15, -0.1) is 0 Å². The molecule has 13 heavy (non-hydrogen) atoms. The van der Waals surface area contributed by atoms with E-state index in [2.05, 4.69) is 5.32 Å². The number of aliphatic carboxylic acids is 1. The number of hydrogen-bond acceptors (Lipinski definition) is 3. The van der Waals surface area contributed by atoms with Crippen LogP contribution in [-0.2, 0) is 4.79 Å². The summed E-state index contributed by atoms with van der Waals surface area (Å²) in [4.78, 5) is 10.3. The first-order valence-corrected chi connectivity index (χ1v) is 3.83. The summed E-state index contributed by atoms with van der Waals surface area (Å²) in [5, 5.41) is 12.8. The molecule has 1 aromatic carbocycles. The number of carbonyl (C=O) groups excluding carboxylic acids is 1. The lowest BCUT2D eigenvalue weighted by Crippen LogP contribution is -2.38. The van der Waals surface area contributed by atoms with E-state index >= 15 is 0 Å². The largest absolute Gasteiger partial charge is 0.548 e. The molecule has 0 aliphatic carbocycles. The molecule has 0 aromatic heterocycles. The molecule has 0 saturated heterocycles. The topological polar surface area (TPSA) is 52.2 Å². The minimum atomic E-state index is -1.26. The Hall–Kier alpha value is -1.58. The molecular formula is C9H9FNO2-. The van der Waals surface area contributed by atoms with Gasteiger partial charge in [-0.25, -0.2) is 4.39 Å².